The molecular formula is C17H28N4O2. The second-order valence-electron chi connectivity index (χ2n) is 6.16. The van der Waals surface area contributed by atoms with Crippen molar-refractivity contribution in [2.75, 3.05) is 26.2 Å². The Labute approximate surface area is 138 Å². The maximum Gasteiger partial charge on any atom is 0.315 e. The number of carbonyl (C=O) groups excluding carboxylic acids is 1. The number of aromatic nitrogens is 1. The smallest absolute Gasteiger partial charge is 0.315 e. The minimum atomic E-state index is -0.122. The predicted molar refractivity (Wildman–Crippen MR) is 90.3 cm³/mol. The van der Waals surface area contributed by atoms with E-state index in [2.05, 4.69) is 41.3 Å². The molecule has 0 unspecified atom stereocenters. The van der Waals surface area contributed by atoms with Gasteiger partial charge in [0.2, 0.25) is 0 Å². The van der Waals surface area contributed by atoms with Crippen LogP contribution < -0.4 is 10.6 Å². The lowest BCUT2D eigenvalue weighted by atomic mass is 10.1. The van der Waals surface area contributed by atoms with Gasteiger partial charge in [0.1, 0.15) is 0 Å². The minimum absolute atomic E-state index is 0.0152. The van der Waals surface area contributed by atoms with Gasteiger partial charge in [0.25, 0.3) is 0 Å². The molecule has 0 saturated carbocycles. The molecule has 2 heterocycles. The molecule has 6 heteroatoms. The normalized spacial score (nSPS) is 23.3. The summed E-state index contributed by atoms with van der Waals surface area (Å²) in [5.74, 6) is 0. The van der Waals surface area contributed by atoms with Crippen molar-refractivity contribution in [1.82, 2.24) is 20.5 Å². The quantitative estimate of drug-likeness (QED) is 0.841. The van der Waals surface area contributed by atoms with E-state index in [1.54, 1.807) is 12.4 Å². The Morgan fingerprint density at radius 3 is 2.61 bits per heavy atom. The number of amides is 2. The molecule has 0 bridgehead atoms. The van der Waals surface area contributed by atoms with E-state index in [0.29, 0.717) is 6.54 Å². The third-order valence-corrected chi connectivity index (χ3v) is 4.03. The number of carbonyl (C=O) groups is 1. The maximum atomic E-state index is 12.1. The van der Waals surface area contributed by atoms with Crippen LogP contribution in [0.15, 0.2) is 24.5 Å². The van der Waals surface area contributed by atoms with Crippen LogP contribution in [-0.4, -0.2) is 54.3 Å². The molecule has 2 rings (SSSR count). The SMILES string of the molecule is CC[C@H](NC(=O)NCCN1C[C@H](C)O[C@@H](C)C1)c1ccncc1. The molecule has 2 N–H and O–H groups in total. The number of nitrogens with one attached hydrogen (secondary N) is 2. The molecular weight excluding hydrogens is 292 g/mol. The summed E-state index contributed by atoms with van der Waals surface area (Å²) in [7, 11) is 0. The molecule has 0 aliphatic carbocycles. The highest BCUT2D eigenvalue weighted by Gasteiger charge is 2.21. The molecule has 1 aromatic rings. The largest absolute Gasteiger partial charge is 0.373 e. The number of ether oxygens (including phenoxy) is 1. The van der Waals surface area contributed by atoms with E-state index in [1.807, 2.05) is 12.1 Å². The summed E-state index contributed by atoms with van der Waals surface area (Å²) in [5.41, 5.74) is 1.08. The molecule has 1 aromatic heterocycles. The van der Waals surface area contributed by atoms with Crippen molar-refractivity contribution in [2.45, 2.75) is 45.4 Å². The van der Waals surface area contributed by atoms with Crippen LogP contribution in [0.3, 0.4) is 0 Å². The van der Waals surface area contributed by atoms with Gasteiger partial charge in [-0.25, -0.2) is 4.79 Å². The molecule has 6 nitrogen and oxygen atoms in total. The number of morpholine rings is 1. The standard InChI is InChI=1S/C17H28N4O2/c1-4-16(15-5-7-18-8-6-15)20-17(22)19-9-10-21-11-13(2)23-14(3)12-21/h5-8,13-14,16H,4,9-12H2,1-3H3,(H2,19,20,22)/t13-,14-,16-/m0/s1. The zero-order chi connectivity index (χ0) is 16.7. The molecule has 1 fully saturated rings. The summed E-state index contributed by atoms with van der Waals surface area (Å²) in [6, 6.07) is 3.76. The van der Waals surface area contributed by atoms with E-state index in [1.165, 1.54) is 0 Å². The van der Waals surface area contributed by atoms with Crippen molar-refractivity contribution in [2.24, 2.45) is 0 Å². The summed E-state index contributed by atoms with van der Waals surface area (Å²) >= 11 is 0. The lowest BCUT2D eigenvalue weighted by Crippen LogP contribution is -2.48. The Bertz CT molecular complexity index is 473. The molecule has 0 spiro atoms. The Hall–Kier alpha value is -1.66. The summed E-state index contributed by atoms with van der Waals surface area (Å²) < 4.78 is 5.71. The van der Waals surface area contributed by atoms with E-state index < -0.39 is 0 Å². The lowest BCUT2D eigenvalue weighted by molar-refractivity contribution is -0.0672. The first kappa shape index (κ1) is 17.7. The number of nitrogens with zero attached hydrogens (tertiary/aromatic N) is 2. The van der Waals surface area contributed by atoms with Crippen molar-refractivity contribution in [3.63, 3.8) is 0 Å². The van der Waals surface area contributed by atoms with Crippen LogP contribution in [0.5, 0.6) is 0 Å². The Morgan fingerprint density at radius 2 is 2.00 bits per heavy atom. The molecule has 128 valence electrons. The summed E-state index contributed by atoms with van der Waals surface area (Å²) in [5, 5.41) is 5.96. The van der Waals surface area contributed by atoms with Gasteiger partial charge >= 0.3 is 6.03 Å². The van der Waals surface area contributed by atoms with Gasteiger partial charge in [-0.1, -0.05) is 6.92 Å². The van der Waals surface area contributed by atoms with E-state index in [9.17, 15) is 4.79 Å². The molecule has 1 saturated heterocycles. The van der Waals surface area contributed by atoms with Crippen LogP contribution in [0.2, 0.25) is 0 Å². The first-order valence-electron chi connectivity index (χ1n) is 8.40. The number of rotatable bonds is 6. The van der Waals surface area contributed by atoms with Gasteiger partial charge in [0, 0.05) is 38.6 Å². The Balaban J connectivity index is 1.72. The minimum Gasteiger partial charge on any atom is -0.373 e. The Morgan fingerprint density at radius 1 is 1.35 bits per heavy atom. The number of hydrogen-bond acceptors (Lipinski definition) is 4. The first-order valence-corrected chi connectivity index (χ1v) is 8.40. The molecule has 1 aliphatic rings. The van der Waals surface area contributed by atoms with E-state index in [-0.39, 0.29) is 24.3 Å². The second kappa shape index (κ2) is 8.84. The molecule has 23 heavy (non-hydrogen) atoms. The third-order valence-electron chi connectivity index (χ3n) is 4.03. The van der Waals surface area contributed by atoms with Crippen molar-refractivity contribution >= 4 is 6.03 Å². The molecule has 0 radical (unpaired) electrons. The zero-order valence-corrected chi connectivity index (χ0v) is 14.3. The topological polar surface area (TPSA) is 66.5 Å². The average Bonchev–Trinajstić information content (AvgIpc) is 2.52. The maximum absolute atomic E-state index is 12.1. The van der Waals surface area contributed by atoms with Crippen LogP contribution in [0.25, 0.3) is 0 Å². The van der Waals surface area contributed by atoms with Crippen molar-refractivity contribution in [3.8, 4) is 0 Å². The summed E-state index contributed by atoms with van der Waals surface area (Å²) in [6.45, 7) is 9.55. The van der Waals surface area contributed by atoms with Crippen molar-refractivity contribution < 1.29 is 9.53 Å². The van der Waals surface area contributed by atoms with Crippen LogP contribution in [0.4, 0.5) is 4.79 Å². The van der Waals surface area contributed by atoms with Crippen LogP contribution in [0.1, 0.15) is 38.8 Å². The lowest BCUT2D eigenvalue weighted by Gasteiger charge is -2.35. The molecule has 2 amide bonds. The van der Waals surface area contributed by atoms with Crippen molar-refractivity contribution in [3.05, 3.63) is 30.1 Å². The molecule has 1 aliphatic heterocycles. The van der Waals surface area contributed by atoms with E-state index in [4.69, 9.17) is 4.74 Å². The van der Waals surface area contributed by atoms with Gasteiger partial charge in [-0.05, 0) is 38.0 Å². The van der Waals surface area contributed by atoms with Crippen LogP contribution in [0, 0.1) is 0 Å². The second-order valence-corrected chi connectivity index (χ2v) is 6.16. The predicted octanol–water partition coefficient (Wildman–Crippen LogP) is 1.94. The number of pyridine rings is 1. The zero-order valence-electron chi connectivity index (χ0n) is 14.3. The number of urea groups is 1. The Kier molecular flexibility index (Phi) is 6.80. The fraction of sp³-hybridized carbons (Fsp3) is 0.647. The fourth-order valence-corrected chi connectivity index (χ4v) is 3.02. The van der Waals surface area contributed by atoms with Gasteiger partial charge < -0.3 is 15.4 Å². The monoisotopic (exact) mass is 320 g/mol. The van der Waals surface area contributed by atoms with Gasteiger partial charge in [-0.3, -0.25) is 9.88 Å². The van der Waals surface area contributed by atoms with Crippen molar-refractivity contribution in [1.29, 1.82) is 0 Å². The summed E-state index contributed by atoms with van der Waals surface area (Å²) in [4.78, 5) is 18.4. The summed E-state index contributed by atoms with van der Waals surface area (Å²) in [6.07, 6.45) is 4.85. The first-order chi connectivity index (χ1) is 11.1. The highest BCUT2D eigenvalue weighted by molar-refractivity contribution is 5.74. The average molecular weight is 320 g/mol. The molecule has 0 aromatic carbocycles. The van der Waals surface area contributed by atoms with Crippen LogP contribution in [-0.2, 0) is 4.74 Å². The van der Waals surface area contributed by atoms with Crippen LogP contribution >= 0.6 is 0 Å². The van der Waals surface area contributed by atoms with Gasteiger partial charge in [0.15, 0.2) is 0 Å². The van der Waals surface area contributed by atoms with E-state index >= 15 is 0 Å². The van der Waals surface area contributed by atoms with Gasteiger partial charge in [-0.15, -0.1) is 0 Å². The van der Waals surface area contributed by atoms with Gasteiger partial charge in [0.05, 0.1) is 18.2 Å². The highest BCUT2D eigenvalue weighted by Crippen LogP contribution is 2.14. The van der Waals surface area contributed by atoms with Gasteiger partial charge in [-0.2, -0.15) is 0 Å². The van der Waals surface area contributed by atoms with E-state index in [0.717, 1.165) is 31.6 Å². The highest BCUT2D eigenvalue weighted by atomic mass is 16.5. The molecule has 3 atom stereocenters. The number of hydrogen-bond donors (Lipinski definition) is 2. The fourth-order valence-electron chi connectivity index (χ4n) is 3.02. The third kappa shape index (κ3) is 5.80.